The molecule has 1 aliphatic heterocycles. The van der Waals surface area contributed by atoms with E-state index in [9.17, 15) is 39.0 Å². The van der Waals surface area contributed by atoms with Gasteiger partial charge in [0.05, 0.1) is 45.2 Å². The molecule has 0 radical (unpaired) electrons. The second-order valence-electron chi connectivity index (χ2n) is 19.4. The number of ether oxygens (including phenoxy) is 6. The minimum atomic E-state index is -2.50. The Morgan fingerprint density at radius 2 is 1.35 bits per heavy atom. The van der Waals surface area contributed by atoms with Crippen LogP contribution in [-0.2, 0) is 47.6 Å². The summed E-state index contributed by atoms with van der Waals surface area (Å²) >= 11 is 12.5. The van der Waals surface area contributed by atoms with Crippen LogP contribution in [0.2, 0.25) is 10.0 Å². The molecule has 2 saturated carbocycles. The molecule has 11 atom stereocenters. The van der Waals surface area contributed by atoms with Gasteiger partial charge < -0.3 is 44.0 Å². The topological polar surface area (TPSA) is 227 Å². The van der Waals surface area contributed by atoms with E-state index in [0.29, 0.717) is 5.56 Å². The van der Waals surface area contributed by atoms with Gasteiger partial charge in [-0.15, -0.1) is 0 Å². The fraction of sp³-hybridized carbons (Fsp3) is 0.389. The van der Waals surface area contributed by atoms with E-state index in [1.165, 1.54) is 58.0 Å². The fourth-order valence-electron chi connectivity index (χ4n) is 11.2. The minimum Gasteiger partial charge on any atom is -0.458 e. The van der Waals surface area contributed by atoms with Crippen LogP contribution in [0.1, 0.15) is 97.1 Å². The lowest BCUT2D eigenvalue weighted by molar-refractivity contribution is -0.345. The maximum absolute atomic E-state index is 16.2. The van der Waals surface area contributed by atoms with Gasteiger partial charge in [0.2, 0.25) is 0 Å². The number of carbonyl (C=O) groups is 7. The summed E-state index contributed by atoms with van der Waals surface area (Å²) in [5, 5.41) is 28.9. The molecule has 1 saturated heterocycles. The number of hydrogen-bond acceptors (Lipinski definition) is 15. The lowest BCUT2D eigenvalue weighted by Crippen LogP contribution is -2.82. The first kappa shape index (κ1) is 51.9. The van der Waals surface area contributed by atoms with Gasteiger partial charge in [0.1, 0.15) is 30.0 Å². The molecule has 378 valence electrons. The van der Waals surface area contributed by atoms with Crippen molar-refractivity contribution >= 4 is 64.7 Å². The molecule has 3 fully saturated rings. The molecule has 1 heterocycles. The van der Waals surface area contributed by atoms with E-state index >= 15 is 4.79 Å². The maximum atomic E-state index is 16.2. The molecule has 0 aromatic heterocycles. The molecular weight excluding hydrogens is 973 g/mol. The molecule has 16 nitrogen and oxygen atoms in total. The number of ketones is 1. The molecule has 0 spiro atoms. The SMILES string of the molecule is CC(=O)O[C@H]1C(=O)[C@]2(C)[C@@H](OC(=O)c3ccc(Cl)c(Cl)c3)C[C@H]3OC[C@@]3(OC(C)=O)[C@H]2[C@H](OC(=O)c2ccccc2)[C@]2(O)C[C@H](OC(=O)[C@H](O)[C@@H](NC(=O)c3ccccc3)c3ccccc3)C(C)=C1C2(C)C. The number of nitrogens with one attached hydrogen (secondary N) is 1. The van der Waals surface area contributed by atoms with Crippen molar-refractivity contribution < 1.29 is 72.2 Å². The molecule has 2 bridgehead atoms. The number of benzene rings is 4. The van der Waals surface area contributed by atoms with E-state index in [2.05, 4.69) is 5.32 Å². The molecule has 0 unspecified atom stereocenters. The summed E-state index contributed by atoms with van der Waals surface area (Å²) in [5.74, 6) is -8.24. The number of aliphatic hydroxyl groups is 2. The quantitative estimate of drug-likeness (QED) is 0.0745. The van der Waals surface area contributed by atoms with Gasteiger partial charge in [0.25, 0.3) is 5.91 Å². The number of amides is 1. The van der Waals surface area contributed by atoms with E-state index in [1.54, 1.807) is 78.9 Å². The van der Waals surface area contributed by atoms with Crippen LogP contribution >= 0.6 is 23.2 Å². The van der Waals surface area contributed by atoms with E-state index in [-0.39, 0.29) is 44.3 Å². The summed E-state index contributed by atoms with van der Waals surface area (Å²) in [6.07, 6.45) is -11.1. The lowest BCUT2D eigenvalue weighted by atomic mass is 9.44. The highest BCUT2D eigenvalue weighted by Crippen LogP contribution is 2.65. The summed E-state index contributed by atoms with van der Waals surface area (Å²) in [5.41, 5.74) is -7.78. The van der Waals surface area contributed by atoms with Crippen molar-refractivity contribution in [2.75, 3.05) is 6.61 Å². The largest absolute Gasteiger partial charge is 0.458 e. The fourth-order valence-corrected chi connectivity index (χ4v) is 11.5. The Morgan fingerprint density at radius 1 is 0.750 bits per heavy atom. The highest BCUT2D eigenvalue weighted by Gasteiger charge is 2.79. The predicted molar refractivity (Wildman–Crippen MR) is 257 cm³/mol. The highest BCUT2D eigenvalue weighted by atomic mass is 35.5. The number of fused-ring (bicyclic) bond motifs is 5. The van der Waals surface area contributed by atoms with Gasteiger partial charge in [-0.25, -0.2) is 14.4 Å². The van der Waals surface area contributed by atoms with Gasteiger partial charge in [-0.3, -0.25) is 19.2 Å². The molecule has 3 aliphatic carbocycles. The number of carbonyl (C=O) groups excluding carboxylic acids is 7. The van der Waals surface area contributed by atoms with Gasteiger partial charge in [-0.2, -0.15) is 0 Å². The minimum absolute atomic E-state index is 0.0199. The third kappa shape index (κ3) is 9.08. The van der Waals surface area contributed by atoms with Crippen LogP contribution in [0.4, 0.5) is 0 Å². The van der Waals surface area contributed by atoms with Crippen molar-refractivity contribution in [3.63, 3.8) is 0 Å². The van der Waals surface area contributed by atoms with Gasteiger partial charge >= 0.3 is 29.8 Å². The number of halogens is 2. The van der Waals surface area contributed by atoms with Crippen LogP contribution in [0.3, 0.4) is 0 Å². The number of rotatable bonds is 12. The molecule has 8 rings (SSSR count). The van der Waals surface area contributed by atoms with Crippen LogP contribution < -0.4 is 5.32 Å². The van der Waals surface area contributed by atoms with E-state index in [0.717, 1.165) is 13.8 Å². The molecule has 18 heteroatoms. The molecular formula is C54H53Cl2NO15. The Labute approximate surface area is 424 Å². The standard InChI is InChI=1S/C54H53Cl2NO15/c1-28-37(69-50(65)42(60)41(31-16-10-7-11-17-31)57-47(62)32-18-12-8-13-19-32)26-54(66)46(71-48(63)33-20-14-9-15-21-33)44-52(6,45(61)43(68-29(2)58)40(28)51(54,4)5)38(25-39-53(44,27-67-39)72-30(3)59)70-49(64)34-22-23-35(55)36(56)24-34/h7-24,37-39,41-44,46,60,66H,25-27H2,1-6H3,(H,57,62)/t37-,38-,39+,41-,42+,43+,44-,46-,52+,53-,54+/m0/s1. The van der Waals surface area contributed by atoms with Gasteiger partial charge in [0.15, 0.2) is 23.6 Å². The molecule has 4 aromatic carbocycles. The first-order valence-corrected chi connectivity index (χ1v) is 24.0. The van der Waals surface area contributed by atoms with Crippen molar-refractivity contribution in [1.29, 1.82) is 0 Å². The Kier molecular flexibility index (Phi) is 14.3. The van der Waals surface area contributed by atoms with Crippen LogP contribution in [0.25, 0.3) is 0 Å². The average molecular weight is 1030 g/mol. The zero-order chi connectivity index (χ0) is 52.1. The Balaban J connectivity index is 1.31. The number of hydrogen-bond donors (Lipinski definition) is 3. The summed E-state index contributed by atoms with van der Waals surface area (Å²) in [6, 6.07) is 26.7. The Morgan fingerprint density at radius 3 is 1.92 bits per heavy atom. The molecule has 4 aromatic rings. The zero-order valence-electron chi connectivity index (χ0n) is 40.1. The Bertz CT molecular complexity index is 2840. The Hall–Kier alpha value is -6.43. The van der Waals surface area contributed by atoms with E-state index in [4.69, 9.17) is 51.6 Å². The summed E-state index contributed by atoms with van der Waals surface area (Å²) in [4.78, 5) is 99.9. The van der Waals surface area contributed by atoms with Crippen molar-refractivity contribution in [3.05, 3.63) is 153 Å². The normalized spacial score (nSPS) is 28.9. The average Bonchev–Trinajstić information content (AvgIpc) is 3.34. The van der Waals surface area contributed by atoms with Crippen LogP contribution in [0, 0.1) is 16.7 Å². The van der Waals surface area contributed by atoms with Gasteiger partial charge in [-0.1, -0.05) is 104 Å². The van der Waals surface area contributed by atoms with Crippen molar-refractivity contribution in [2.45, 2.75) is 108 Å². The van der Waals surface area contributed by atoms with E-state index < -0.39 is 125 Å². The highest BCUT2D eigenvalue weighted by molar-refractivity contribution is 6.42. The van der Waals surface area contributed by atoms with Crippen molar-refractivity contribution in [1.82, 2.24) is 5.32 Å². The van der Waals surface area contributed by atoms with Crippen LogP contribution in [0.5, 0.6) is 0 Å². The lowest BCUT2D eigenvalue weighted by Gasteiger charge is -2.67. The smallest absolute Gasteiger partial charge is 0.338 e. The van der Waals surface area contributed by atoms with Crippen LogP contribution in [0.15, 0.2) is 120 Å². The molecule has 4 aliphatic rings. The molecule has 72 heavy (non-hydrogen) atoms. The van der Waals surface area contributed by atoms with Crippen LogP contribution in [-0.4, -0.2) is 106 Å². The second-order valence-corrected chi connectivity index (χ2v) is 20.2. The zero-order valence-corrected chi connectivity index (χ0v) is 41.6. The van der Waals surface area contributed by atoms with E-state index in [1.807, 2.05) is 0 Å². The molecule has 1 amide bonds. The maximum Gasteiger partial charge on any atom is 0.338 e. The number of esters is 5. The third-order valence-corrected chi connectivity index (χ3v) is 15.6. The van der Waals surface area contributed by atoms with Gasteiger partial charge in [-0.05, 0) is 73.0 Å². The summed E-state index contributed by atoms with van der Waals surface area (Å²) in [7, 11) is 0. The predicted octanol–water partition coefficient (Wildman–Crippen LogP) is 6.91. The van der Waals surface area contributed by atoms with Crippen molar-refractivity contribution in [3.8, 4) is 0 Å². The molecule has 3 N–H and O–H groups in total. The summed E-state index contributed by atoms with van der Waals surface area (Å²) < 4.78 is 37.3. The van der Waals surface area contributed by atoms with Gasteiger partial charge in [0, 0.05) is 37.7 Å². The first-order valence-electron chi connectivity index (χ1n) is 23.2. The summed E-state index contributed by atoms with van der Waals surface area (Å²) in [6.45, 7) is 7.78. The van der Waals surface area contributed by atoms with Crippen molar-refractivity contribution in [2.24, 2.45) is 16.7 Å². The monoisotopic (exact) mass is 1030 g/mol. The number of aliphatic hydroxyl groups excluding tert-OH is 1. The number of Topliss-reactive ketones (excluding diaryl/α,β-unsaturated/α-hetero) is 1. The second kappa shape index (κ2) is 19.9. The first-order chi connectivity index (χ1) is 34.0. The third-order valence-electron chi connectivity index (χ3n) is 14.9.